The lowest BCUT2D eigenvalue weighted by Crippen LogP contribution is -2.15. The fourth-order valence-corrected chi connectivity index (χ4v) is 1.55. The maximum atomic E-state index is 10.8. The molecular formula is C14H12N2O4. The van der Waals surface area contributed by atoms with Crippen LogP contribution in [-0.2, 0) is 11.4 Å². The van der Waals surface area contributed by atoms with Crippen LogP contribution < -0.4 is 4.74 Å². The van der Waals surface area contributed by atoms with Crippen molar-refractivity contribution in [3.63, 3.8) is 0 Å². The average molecular weight is 272 g/mol. The summed E-state index contributed by atoms with van der Waals surface area (Å²) in [6, 6.07) is 12.6. The minimum Gasteiger partial charge on any atom is -0.487 e. The number of oxime groups is 1. The van der Waals surface area contributed by atoms with Gasteiger partial charge in [-0.05, 0) is 17.7 Å². The zero-order valence-electron chi connectivity index (χ0n) is 10.4. The predicted molar refractivity (Wildman–Crippen MR) is 71.0 cm³/mol. The molecule has 2 N–H and O–H groups in total. The number of rotatable bonds is 5. The number of hydrogen-bond acceptors (Lipinski definition) is 5. The average Bonchev–Trinajstić information content (AvgIpc) is 2.48. The van der Waals surface area contributed by atoms with Gasteiger partial charge in [0.15, 0.2) is 0 Å². The molecule has 20 heavy (non-hydrogen) atoms. The third-order valence-electron chi connectivity index (χ3n) is 2.53. The van der Waals surface area contributed by atoms with Gasteiger partial charge in [-0.1, -0.05) is 35.5 Å². The van der Waals surface area contributed by atoms with Crippen molar-refractivity contribution < 1.29 is 19.8 Å². The molecule has 0 aliphatic carbocycles. The highest BCUT2D eigenvalue weighted by Crippen LogP contribution is 2.12. The second-order valence-corrected chi connectivity index (χ2v) is 3.91. The molecule has 2 rings (SSSR count). The van der Waals surface area contributed by atoms with Gasteiger partial charge in [0.25, 0.3) is 0 Å². The summed E-state index contributed by atoms with van der Waals surface area (Å²) in [6.07, 6.45) is 1.38. The van der Waals surface area contributed by atoms with Crippen molar-refractivity contribution in [3.05, 3.63) is 59.9 Å². The van der Waals surface area contributed by atoms with Gasteiger partial charge < -0.3 is 15.1 Å². The Hall–Kier alpha value is -2.89. The van der Waals surface area contributed by atoms with Crippen molar-refractivity contribution in [3.8, 4) is 5.75 Å². The fourth-order valence-electron chi connectivity index (χ4n) is 1.55. The second kappa shape index (κ2) is 6.33. The lowest BCUT2D eigenvalue weighted by molar-refractivity contribution is -0.129. The van der Waals surface area contributed by atoms with E-state index in [2.05, 4.69) is 10.1 Å². The van der Waals surface area contributed by atoms with Gasteiger partial charge in [0.1, 0.15) is 12.4 Å². The number of hydrogen-bond donors (Lipinski definition) is 2. The molecule has 1 heterocycles. The third kappa shape index (κ3) is 3.32. The zero-order valence-corrected chi connectivity index (χ0v) is 10.4. The van der Waals surface area contributed by atoms with Crippen LogP contribution in [0.15, 0.2) is 53.8 Å². The van der Waals surface area contributed by atoms with Crippen molar-refractivity contribution in [1.29, 1.82) is 0 Å². The molecular weight excluding hydrogens is 260 g/mol. The van der Waals surface area contributed by atoms with Gasteiger partial charge in [-0.2, -0.15) is 0 Å². The molecule has 0 spiro atoms. The molecule has 0 unspecified atom stereocenters. The summed E-state index contributed by atoms with van der Waals surface area (Å²) in [5.41, 5.74) is 0.561. The number of pyridine rings is 1. The molecule has 0 saturated heterocycles. The van der Waals surface area contributed by atoms with Gasteiger partial charge in [-0.25, -0.2) is 4.79 Å². The van der Waals surface area contributed by atoms with Gasteiger partial charge >= 0.3 is 5.97 Å². The summed E-state index contributed by atoms with van der Waals surface area (Å²) in [7, 11) is 0. The molecule has 6 nitrogen and oxygen atoms in total. The van der Waals surface area contributed by atoms with Crippen molar-refractivity contribution in [2.45, 2.75) is 6.61 Å². The summed E-state index contributed by atoms with van der Waals surface area (Å²) >= 11 is 0. The van der Waals surface area contributed by atoms with Crippen LogP contribution in [0.1, 0.15) is 11.3 Å². The van der Waals surface area contributed by atoms with Crippen molar-refractivity contribution in [2.24, 2.45) is 5.16 Å². The standard InChI is InChI=1S/C14H12N2O4/c17-14(18)13(16-19)12-7-6-11(8-15-12)20-9-10-4-2-1-3-5-10/h1-8,19H,9H2,(H,17,18)/b16-13-. The Kier molecular flexibility index (Phi) is 4.28. The van der Waals surface area contributed by atoms with E-state index in [1.165, 1.54) is 12.3 Å². The summed E-state index contributed by atoms with van der Waals surface area (Å²) in [5.74, 6) is -0.849. The van der Waals surface area contributed by atoms with E-state index in [4.69, 9.17) is 15.1 Å². The number of carbonyl (C=O) groups is 1. The third-order valence-corrected chi connectivity index (χ3v) is 2.53. The van der Waals surface area contributed by atoms with Gasteiger partial charge in [0.05, 0.1) is 11.9 Å². The lowest BCUT2D eigenvalue weighted by Gasteiger charge is -2.06. The first kappa shape index (κ1) is 13.5. The minimum atomic E-state index is -1.35. The van der Waals surface area contributed by atoms with E-state index in [9.17, 15) is 4.79 Å². The molecule has 0 saturated carbocycles. The van der Waals surface area contributed by atoms with Crippen LogP contribution in [0.25, 0.3) is 0 Å². The molecule has 0 amide bonds. The normalized spacial score (nSPS) is 11.1. The largest absolute Gasteiger partial charge is 0.487 e. The molecule has 0 radical (unpaired) electrons. The minimum absolute atomic E-state index is 0.0621. The topological polar surface area (TPSA) is 92.0 Å². The van der Waals surface area contributed by atoms with Crippen molar-refractivity contribution in [1.82, 2.24) is 4.98 Å². The Bertz CT molecular complexity index is 609. The van der Waals surface area contributed by atoms with Crippen LogP contribution >= 0.6 is 0 Å². The van der Waals surface area contributed by atoms with Crippen LogP contribution in [0.4, 0.5) is 0 Å². The maximum Gasteiger partial charge on any atom is 0.360 e. The first-order valence-electron chi connectivity index (χ1n) is 5.79. The number of carboxylic acids is 1. The Morgan fingerprint density at radius 2 is 1.95 bits per heavy atom. The van der Waals surface area contributed by atoms with Crippen molar-refractivity contribution in [2.75, 3.05) is 0 Å². The monoisotopic (exact) mass is 272 g/mol. The SMILES string of the molecule is O=C(O)/C(=N\O)c1ccc(OCc2ccccc2)cn1. The quantitative estimate of drug-likeness (QED) is 0.493. The number of aliphatic carboxylic acids is 1. The zero-order chi connectivity index (χ0) is 14.4. The molecule has 1 aromatic heterocycles. The van der Waals surface area contributed by atoms with Crippen LogP contribution in [0.2, 0.25) is 0 Å². The number of benzene rings is 1. The summed E-state index contributed by atoms with van der Waals surface area (Å²) in [6.45, 7) is 0.391. The van der Waals surface area contributed by atoms with E-state index < -0.39 is 11.7 Å². The molecule has 1 aromatic carbocycles. The summed E-state index contributed by atoms with van der Waals surface area (Å²) < 4.78 is 5.51. The first-order valence-corrected chi connectivity index (χ1v) is 5.79. The van der Waals surface area contributed by atoms with E-state index in [1.807, 2.05) is 30.3 Å². The fraction of sp³-hybridized carbons (Fsp3) is 0.0714. The summed E-state index contributed by atoms with van der Waals surface area (Å²) in [4.78, 5) is 14.7. The molecule has 2 aromatic rings. The van der Waals surface area contributed by atoms with E-state index in [-0.39, 0.29) is 5.69 Å². The highest BCUT2D eigenvalue weighted by atomic mass is 16.5. The van der Waals surface area contributed by atoms with E-state index >= 15 is 0 Å². The smallest absolute Gasteiger partial charge is 0.360 e. The van der Waals surface area contributed by atoms with E-state index in [1.54, 1.807) is 6.07 Å². The Labute approximate surface area is 115 Å². The number of aromatic nitrogens is 1. The first-order chi connectivity index (χ1) is 9.70. The van der Waals surface area contributed by atoms with Gasteiger partial charge in [0, 0.05) is 0 Å². The van der Waals surface area contributed by atoms with Crippen LogP contribution in [0.5, 0.6) is 5.75 Å². The molecule has 0 aliphatic heterocycles. The highest BCUT2D eigenvalue weighted by Gasteiger charge is 2.14. The number of carboxylic acid groups (broad SMARTS) is 1. The van der Waals surface area contributed by atoms with Gasteiger partial charge in [0.2, 0.25) is 5.71 Å². The molecule has 0 fully saturated rings. The molecule has 6 heteroatoms. The van der Waals surface area contributed by atoms with Crippen LogP contribution in [-0.4, -0.2) is 27.0 Å². The number of nitrogens with zero attached hydrogens (tertiary/aromatic N) is 2. The second-order valence-electron chi connectivity index (χ2n) is 3.91. The maximum absolute atomic E-state index is 10.8. The Morgan fingerprint density at radius 1 is 1.20 bits per heavy atom. The predicted octanol–water partition coefficient (Wildman–Crippen LogP) is 1.92. The Balaban J connectivity index is 2.04. The van der Waals surface area contributed by atoms with Crippen molar-refractivity contribution >= 4 is 11.7 Å². The van der Waals surface area contributed by atoms with Crippen LogP contribution in [0, 0.1) is 0 Å². The molecule has 0 atom stereocenters. The van der Waals surface area contributed by atoms with Gasteiger partial charge in [-0.3, -0.25) is 4.98 Å². The molecule has 0 bridgehead atoms. The number of ether oxygens (including phenoxy) is 1. The van der Waals surface area contributed by atoms with E-state index in [0.29, 0.717) is 12.4 Å². The van der Waals surface area contributed by atoms with E-state index in [0.717, 1.165) is 5.56 Å². The lowest BCUT2D eigenvalue weighted by atomic mass is 10.2. The van der Waals surface area contributed by atoms with Gasteiger partial charge in [-0.15, -0.1) is 0 Å². The molecule has 0 aliphatic rings. The van der Waals surface area contributed by atoms with Crippen LogP contribution in [0.3, 0.4) is 0 Å². The molecule has 102 valence electrons. The Morgan fingerprint density at radius 3 is 2.50 bits per heavy atom. The summed E-state index contributed by atoms with van der Waals surface area (Å²) in [5, 5.41) is 20.1. The highest BCUT2D eigenvalue weighted by molar-refractivity contribution is 6.41.